The molecule has 0 aliphatic rings. The van der Waals surface area contributed by atoms with Crippen LogP contribution in [0.25, 0.3) is 0 Å². The first-order valence-electron chi connectivity index (χ1n) is 1.33. The Morgan fingerprint density at radius 3 is 0.636 bits per heavy atom. The molecule has 0 amide bonds. The van der Waals surface area contributed by atoms with Gasteiger partial charge in [-0.15, -0.1) is 0 Å². The van der Waals surface area contributed by atoms with Crippen LogP contribution in [0.15, 0.2) is 0 Å². The van der Waals surface area contributed by atoms with Gasteiger partial charge < -0.3 is 18.2 Å². The predicted octanol–water partition coefficient (Wildman–Crippen LogP) is -2.68. The van der Waals surface area contributed by atoms with E-state index in [4.69, 9.17) is 35.0 Å². The van der Waals surface area contributed by atoms with E-state index < -0.39 is 20.8 Å². The summed E-state index contributed by atoms with van der Waals surface area (Å²) in [6.45, 7) is 0. The van der Waals surface area contributed by atoms with Gasteiger partial charge in [0.05, 0.1) is 0 Å². The Bertz CT molecular complexity index is 208. The first-order valence-corrected chi connectivity index (χ1v) is 4.00. The van der Waals surface area contributed by atoms with Gasteiger partial charge in [-0.25, -0.2) is 0 Å². The SMILES string of the molecule is O=S(=O)([O-])[O-].O=S(=O)([O-])[O-].[Mn]. The Morgan fingerprint density at radius 2 is 0.636 bits per heavy atom. The molecule has 0 aromatic rings. The van der Waals surface area contributed by atoms with E-state index in [1.54, 1.807) is 0 Å². The van der Waals surface area contributed by atoms with Crippen LogP contribution in [0, 0.1) is 0 Å². The zero-order chi connectivity index (χ0) is 9.00. The van der Waals surface area contributed by atoms with Crippen LogP contribution < -0.4 is 0 Å². The van der Waals surface area contributed by atoms with Crippen molar-refractivity contribution in [2.45, 2.75) is 0 Å². The molecule has 0 aliphatic carbocycles. The van der Waals surface area contributed by atoms with E-state index in [0.29, 0.717) is 0 Å². The molecule has 0 heterocycles. The van der Waals surface area contributed by atoms with Crippen molar-refractivity contribution >= 4 is 20.8 Å². The predicted molar refractivity (Wildman–Crippen MR) is 20.9 cm³/mol. The van der Waals surface area contributed by atoms with Crippen LogP contribution in [0.4, 0.5) is 0 Å². The maximum absolute atomic E-state index is 8.52. The van der Waals surface area contributed by atoms with Crippen molar-refractivity contribution in [3.8, 4) is 0 Å². The third kappa shape index (κ3) is 10400. The van der Waals surface area contributed by atoms with Crippen molar-refractivity contribution < 1.29 is 52.1 Å². The van der Waals surface area contributed by atoms with E-state index in [1.807, 2.05) is 0 Å². The number of hydrogen-bond donors (Lipinski definition) is 0. The van der Waals surface area contributed by atoms with Crippen molar-refractivity contribution in [3.05, 3.63) is 0 Å². The van der Waals surface area contributed by atoms with E-state index in [2.05, 4.69) is 0 Å². The molecule has 11 heavy (non-hydrogen) atoms. The normalized spacial score (nSPS) is 10.5. The molecule has 0 saturated heterocycles. The second-order valence-electron chi connectivity index (χ2n) is 0.816. The fourth-order valence-electron chi connectivity index (χ4n) is 0. The molecule has 0 spiro atoms. The van der Waals surface area contributed by atoms with Crippen molar-refractivity contribution in [1.29, 1.82) is 0 Å². The zero-order valence-electron chi connectivity index (χ0n) is 4.46. The van der Waals surface area contributed by atoms with Crippen molar-refractivity contribution in [2.24, 2.45) is 0 Å². The van der Waals surface area contributed by atoms with Crippen molar-refractivity contribution in [1.82, 2.24) is 0 Å². The summed E-state index contributed by atoms with van der Waals surface area (Å²) in [7, 11) is -10.3. The van der Waals surface area contributed by atoms with Gasteiger partial charge in [0, 0.05) is 37.9 Å². The molecule has 71 valence electrons. The third-order valence-electron chi connectivity index (χ3n) is 0. The molecule has 0 aromatic carbocycles. The Hall–Kier alpha value is 0.259. The van der Waals surface area contributed by atoms with E-state index in [0.717, 1.165) is 0 Å². The maximum atomic E-state index is 8.52. The first kappa shape index (κ1) is 17.4. The molecule has 0 aliphatic heterocycles. The smallest absolute Gasteiger partial charge is 0.0311 e. The quantitative estimate of drug-likeness (QED) is 0.254. The van der Waals surface area contributed by atoms with Gasteiger partial charge in [-0.1, -0.05) is 0 Å². The fourth-order valence-corrected chi connectivity index (χ4v) is 0. The molecule has 0 rings (SSSR count). The van der Waals surface area contributed by atoms with Gasteiger partial charge in [-0.2, -0.15) is 0 Å². The van der Waals surface area contributed by atoms with Crippen LogP contribution in [0.2, 0.25) is 0 Å². The standard InChI is InChI=1S/Mn.2H2O4S/c;2*1-5(2,3)4/h;2*(H2,1,2,3,4)/p-4. The van der Waals surface area contributed by atoms with Gasteiger partial charge in [-0.05, 0) is 0 Å². The second kappa shape index (κ2) is 5.85. The summed E-state index contributed by atoms with van der Waals surface area (Å²) < 4.78 is 68.2. The summed E-state index contributed by atoms with van der Waals surface area (Å²) in [5, 5.41) is 0. The summed E-state index contributed by atoms with van der Waals surface area (Å²) >= 11 is 0. The largest absolute Gasteiger partial charge is 0.759 e. The topological polar surface area (TPSA) is 161 Å². The molecule has 1 radical (unpaired) electrons. The Morgan fingerprint density at radius 1 is 0.636 bits per heavy atom. The zero-order valence-corrected chi connectivity index (χ0v) is 7.27. The van der Waals surface area contributed by atoms with Gasteiger partial charge in [0.25, 0.3) is 0 Å². The minimum atomic E-state index is -5.17. The number of hydrogen-bond acceptors (Lipinski definition) is 8. The minimum Gasteiger partial charge on any atom is -0.759 e. The molecular formula is MnO8S2-4. The molecule has 0 atom stereocenters. The van der Waals surface area contributed by atoms with Crippen LogP contribution in [0.3, 0.4) is 0 Å². The van der Waals surface area contributed by atoms with Gasteiger partial charge >= 0.3 is 0 Å². The molecule has 0 unspecified atom stereocenters. The second-order valence-corrected chi connectivity index (χ2v) is 2.45. The number of rotatable bonds is 0. The molecular weight excluding hydrogens is 247 g/mol. The van der Waals surface area contributed by atoms with Crippen LogP contribution >= 0.6 is 0 Å². The molecule has 0 saturated carbocycles. The molecule has 0 N–H and O–H groups in total. The molecule has 0 fully saturated rings. The first-order chi connectivity index (χ1) is 4.00. The van der Waals surface area contributed by atoms with E-state index in [9.17, 15) is 0 Å². The minimum absolute atomic E-state index is 0. The maximum Gasteiger partial charge on any atom is 0.0311 e. The molecule has 0 aromatic heterocycles. The van der Waals surface area contributed by atoms with E-state index >= 15 is 0 Å². The van der Waals surface area contributed by atoms with Crippen LogP contribution in [0.5, 0.6) is 0 Å². The Labute approximate surface area is 73.2 Å². The van der Waals surface area contributed by atoms with Crippen LogP contribution in [-0.4, -0.2) is 35.0 Å². The monoisotopic (exact) mass is 247 g/mol. The summed E-state index contributed by atoms with van der Waals surface area (Å²) in [5.41, 5.74) is 0. The third-order valence-corrected chi connectivity index (χ3v) is 0. The summed E-state index contributed by atoms with van der Waals surface area (Å²) in [6, 6.07) is 0. The van der Waals surface area contributed by atoms with Gasteiger partial charge in [0.2, 0.25) is 0 Å². The molecule has 11 heteroatoms. The van der Waals surface area contributed by atoms with E-state index in [-0.39, 0.29) is 17.1 Å². The van der Waals surface area contributed by atoms with E-state index in [1.165, 1.54) is 0 Å². The van der Waals surface area contributed by atoms with Gasteiger partial charge in [-0.3, -0.25) is 16.8 Å². The van der Waals surface area contributed by atoms with Crippen molar-refractivity contribution in [3.63, 3.8) is 0 Å². The Kier molecular flexibility index (Phi) is 9.24. The average molecular weight is 247 g/mol. The van der Waals surface area contributed by atoms with Crippen LogP contribution in [-0.2, 0) is 37.9 Å². The molecule has 0 bridgehead atoms. The van der Waals surface area contributed by atoms with Crippen LogP contribution in [0.1, 0.15) is 0 Å². The Balaban J connectivity index is -0.000000107. The summed E-state index contributed by atoms with van der Waals surface area (Å²) in [6.07, 6.45) is 0. The average Bonchev–Trinajstić information content (AvgIpc) is 1.12. The van der Waals surface area contributed by atoms with Crippen molar-refractivity contribution in [2.75, 3.05) is 0 Å². The van der Waals surface area contributed by atoms with Gasteiger partial charge in [0.15, 0.2) is 0 Å². The summed E-state index contributed by atoms with van der Waals surface area (Å²) in [4.78, 5) is 0. The van der Waals surface area contributed by atoms with Gasteiger partial charge in [0.1, 0.15) is 0 Å². The fraction of sp³-hybridized carbons (Fsp3) is 0. The summed E-state index contributed by atoms with van der Waals surface area (Å²) in [5.74, 6) is 0. The molecule has 8 nitrogen and oxygen atoms in total.